The van der Waals surface area contributed by atoms with Crippen LogP contribution >= 0.6 is 0 Å². The summed E-state index contributed by atoms with van der Waals surface area (Å²) in [6.45, 7) is 1.08. The van der Waals surface area contributed by atoms with Crippen molar-refractivity contribution in [1.29, 1.82) is 0 Å². The Bertz CT molecular complexity index is 128. The Labute approximate surface area is 89.7 Å². The summed E-state index contributed by atoms with van der Waals surface area (Å²) in [5.41, 5.74) is 0. The van der Waals surface area contributed by atoms with Gasteiger partial charge in [0.2, 0.25) is 0 Å². The second-order valence-corrected chi connectivity index (χ2v) is 1.51. The molecule has 0 spiro atoms. The van der Waals surface area contributed by atoms with Crippen molar-refractivity contribution in [3.63, 3.8) is 0 Å². The molecule has 97 valence electrons. The van der Waals surface area contributed by atoms with Crippen LogP contribution in [-0.4, -0.2) is 25.6 Å². The molecule has 0 saturated carbocycles. The van der Waals surface area contributed by atoms with Crippen LogP contribution < -0.4 is 0 Å². The molecule has 0 aliphatic carbocycles. The average Bonchev–Trinajstić information content (AvgIpc) is 1.45. The first-order valence-corrected chi connectivity index (χ1v) is 2.67. The second-order valence-electron chi connectivity index (χ2n) is 1.51. The largest absolute Gasteiger partial charge is 2.00 e. The normalized spacial score (nSPS) is 9.67. The van der Waals surface area contributed by atoms with E-state index >= 15 is 0 Å². The van der Waals surface area contributed by atoms with Gasteiger partial charge in [-0.3, -0.25) is 4.79 Å². The van der Waals surface area contributed by atoms with Crippen molar-refractivity contribution in [2.75, 3.05) is 0 Å². The van der Waals surface area contributed by atoms with E-state index < -0.39 is 20.5 Å². The fourth-order valence-electron chi connectivity index (χ4n) is 0. The minimum atomic E-state index is -6.00. The van der Waals surface area contributed by atoms with Crippen molar-refractivity contribution >= 4 is 20.5 Å². The Balaban J connectivity index is -0.0000000590. The molecule has 0 fully saturated rings. The first-order chi connectivity index (χ1) is 5.73. The maximum absolute atomic E-state index is 9.75. The summed E-state index contributed by atoms with van der Waals surface area (Å²) < 4.78 is 78.0. The summed E-state index contributed by atoms with van der Waals surface area (Å²) in [5, 5.41) is 7.42. The molecule has 0 rings (SSSR count). The van der Waals surface area contributed by atoms with Crippen LogP contribution in [0.1, 0.15) is 6.92 Å². The van der Waals surface area contributed by atoms with Crippen molar-refractivity contribution in [3.8, 4) is 0 Å². The Kier molecular flexibility index (Phi) is 16.1. The molecule has 0 amide bonds. The number of carboxylic acids is 1. The maximum Gasteiger partial charge on any atom is 2.00 e. The van der Waals surface area contributed by atoms with Gasteiger partial charge in [-0.2, -0.15) is 0 Å². The summed E-state index contributed by atoms with van der Waals surface area (Å²) in [6.07, 6.45) is 0. The molecular weight excluding hydrogens is 293 g/mol. The van der Waals surface area contributed by atoms with Crippen LogP contribution in [0.3, 0.4) is 0 Å². The minimum Gasteiger partial charge on any atom is -0.481 e. The molecule has 1 N–H and O–H groups in total. The molecule has 0 aromatic carbocycles. The number of halogens is 8. The van der Waals surface area contributed by atoms with E-state index in [1.54, 1.807) is 0 Å². The van der Waals surface area contributed by atoms with E-state index in [9.17, 15) is 34.5 Å². The number of hydrogen-bond donors (Lipinski definition) is 1. The monoisotopic (exact) mass is 297 g/mol. The topological polar surface area (TPSA) is 37.3 Å². The minimum absolute atomic E-state index is 0. The summed E-state index contributed by atoms with van der Waals surface area (Å²) in [4.78, 5) is 9.00. The van der Waals surface area contributed by atoms with Gasteiger partial charge < -0.3 is 39.6 Å². The summed E-state index contributed by atoms with van der Waals surface area (Å²) in [6, 6.07) is 0. The third kappa shape index (κ3) is 9330. The van der Waals surface area contributed by atoms with Crippen LogP contribution in [0.4, 0.5) is 34.5 Å². The second kappa shape index (κ2) is 10.1. The van der Waals surface area contributed by atoms with Gasteiger partial charge >= 0.3 is 31.6 Å². The number of carbonyl (C=O) groups is 1. The van der Waals surface area contributed by atoms with Crippen LogP contribution in [0.2, 0.25) is 0 Å². The van der Waals surface area contributed by atoms with Crippen LogP contribution in [-0.2, 0) is 21.9 Å². The fraction of sp³-hybridized carbons (Fsp3) is 0.500. The van der Waals surface area contributed by atoms with Crippen molar-refractivity contribution in [3.05, 3.63) is 0 Å². The van der Waals surface area contributed by atoms with Crippen molar-refractivity contribution in [2.45, 2.75) is 6.92 Å². The Morgan fingerprint density at radius 2 is 0.867 bits per heavy atom. The van der Waals surface area contributed by atoms with E-state index in [1.807, 2.05) is 0 Å². The molecule has 1 radical (unpaired) electrons. The Morgan fingerprint density at radius 1 is 0.867 bits per heavy atom. The number of hydrogen-bond acceptors (Lipinski definition) is 1. The average molecular weight is 297 g/mol. The molecule has 2 nitrogen and oxygen atoms in total. The van der Waals surface area contributed by atoms with Crippen LogP contribution in [0.15, 0.2) is 0 Å². The Morgan fingerprint density at radius 3 is 0.867 bits per heavy atom. The molecule has 13 heteroatoms. The molecule has 0 bridgehead atoms. The molecule has 0 unspecified atom stereocenters. The number of rotatable bonds is 0. The third-order valence-electron chi connectivity index (χ3n) is 0. The van der Waals surface area contributed by atoms with E-state index in [4.69, 9.17) is 9.90 Å². The van der Waals surface area contributed by atoms with Gasteiger partial charge in [0.25, 0.3) is 5.97 Å². The summed E-state index contributed by atoms with van der Waals surface area (Å²) in [5.74, 6) is -0.833. The van der Waals surface area contributed by atoms with E-state index in [2.05, 4.69) is 0 Å². The predicted molar refractivity (Wildman–Crippen MR) is 33.7 cm³/mol. The van der Waals surface area contributed by atoms with Gasteiger partial charge in [0.1, 0.15) is 0 Å². The van der Waals surface area contributed by atoms with Crippen LogP contribution in [0.5, 0.6) is 0 Å². The quantitative estimate of drug-likeness (QED) is 0.551. The van der Waals surface area contributed by atoms with E-state index in [0.717, 1.165) is 6.92 Å². The first kappa shape index (κ1) is 24.0. The van der Waals surface area contributed by atoms with Gasteiger partial charge in [-0.25, -0.2) is 0 Å². The van der Waals surface area contributed by atoms with Crippen LogP contribution in [0, 0.1) is 0 Å². The van der Waals surface area contributed by atoms with Crippen molar-refractivity contribution < 1.29 is 61.5 Å². The first-order valence-electron chi connectivity index (χ1n) is 2.67. The zero-order valence-electron chi connectivity index (χ0n) is 6.84. The molecular formula is C2H4B2CuF8O2. The molecule has 0 aliphatic rings. The van der Waals surface area contributed by atoms with Gasteiger partial charge in [-0.05, 0) is 0 Å². The van der Waals surface area contributed by atoms with Gasteiger partial charge in [-0.15, -0.1) is 0 Å². The molecule has 0 heterocycles. The molecule has 0 atom stereocenters. The number of aliphatic carboxylic acids is 1. The Hall–Kier alpha value is -0.441. The maximum atomic E-state index is 9.75. The third-order valence-corrected chi connectivity index (χ3v) is 0. The van der Waals surface area contributed by atoms with Gasteiger partial charge in [0.15, 0.2) is 0 Å². The van der Waals surface area contributed by atoms with Crippen LogP contribution in [0.25, 0.3) is 0 Å². The van der Waals surface area contributed by atoms with E-state index in [1.165, 1.54) is 0 Å². The predicted octanol–water partition coefficient (Wildman–Crippen LogP) is 2.69. The zero-order valence-corrected chi connectivity index (χ0v) is 7.78. The van der Waals surface area contributed by atoms with E-state index in [-0.39, 0.29) is 17.1 Å². The van der Waals surface area contributed by atoms with Gasteiger partial charge in [-0.1, -0.05) is 0 Å². The molecule has 0 saturated heterocycles. The van der Waals surface area contributed by atoms with E-state index in [0.29, 0.717) is 0 Å². The smallest absolute Gasteiger partial charge is 0.481 e. The van der Waals surface area contributed by atoms with Crippen molar-refractivity contribution in [1.82, 2.24) is 0 Å². The van der Waals surface area contributed by atoms with Crippen molar-refractivity contribution in [2.24, 2.45) is 0 Å². The number of carboxylic acid groups (broad SMARTS) is 1. The standard InChI is InChI=1S/C2H4O2.2BF4.Cu/c1-2(3)4;2*2-1(3,4)5;/h1H3,(H,3,4);;;/q;2*-1;+2. The molecule has 15 heavy (non-hydrogen) atoms. The zero-order chi connectivity index (χ0) is 12.6. The molecule has 0 aromatic rings. The summed E-state index contributed by atoms with van der Waals surface area (Å²) in [7, 11) is -12.0. The summed E-state index contributed by atoms with van der Waals surface area (Å²) >= 11 is 0. The fourth-order valence-corrected chi connectivity index (χ4v) is 0. The SMILES string of the molecule is CC(=O)O.F[B-](F)(F)F.F[B-](F)(F)F.[Cu+2]. The van der Waals surface area contributed by atoms with Gasteiger partial charge in [0.05, 0.1) is 0 Å². The van der Waals surface area contributed by atoms with Gasteiger partial charge in [0, 0.05) is 6.92 Å². The molecule has 0 aliphatic heterocycles. The molecule has 0 aromatic heterocycles.